The Balaban J connectivity index is 2.28. The zero-order chi connectivity index (χ0) is 15.6. The van der Waals surface area contributed by atoms with Crippen molar-refractivity contribution >= 4 is 11.5 Å². The van der Waals surface area contributed by atoms with E-state index in [1.807, 2.05) is 24.3 Å². The number of benzene rings is 2. The second kappa shape index (κ2) is 6.00. The van der Waals surface area contributed by atoms with Crippen LogP contribution in [-0.2, 0) is 6.54 Å². The van der Waals surface area contributed by atoms with Gasteiger partial charge in [0, 0.05) is 24.8 Å². The fraction of sp³-hybridized carbons (Fsp3) is 0.278. The maximum atomic E-state index is 7.55. The number of rotatable bonds is 4. The van der Waals surface area contributed by atoms with Crippen LogP contribution in [0.1, 0.15) is 27.8 Å². The van der Waals surface area contributed by atoms with Gasteiger partial charge in [-0.05, 0) is 49.6 Å². The summed E-state index contributed by atoms with van der Waals surface area (Å²) in [6.07, 6.45) is 0. The number of nitrogens with zero attached hydrogens (tertiary/aromatic N) is 1. The second-order valence-corrected chi connectivity index (χ2v) is 5.70. The van der Waals surface area contributed by atoms with Gasteiger partial charge in [0.1, 0.15) is 5.84 Å². The molecule has 0 aromatic heterocycles. The summed E-state index contributed by atoms with van der Waals surface area (Å²) in [6.45, 7) is 7.30. The van der Waals surface area contributed by atoms with Gasteiger partial charge in [0.05, 0.1) is 0 Å². The van der Waals surface area contributed by atoms with Crippen LogP contribution in [0.3, 0.4) is 0 Å². The highest BCUT2D eigenvalue weighted by molar-refractivity contribution is 5.95. The van der Waals surface area contributed by atoms with Gasteiger partial charge >= 0.3 is 0 Å². The van der Waals surface area contributed by atoms with Crippen molar-refractivity contribution in [1.82, 2.24) is 0 Å². The van der Waals surface area contributed by atoms with Gasteiger partial charge in [-0.3, -0.25) is 5.41 Å². The summed E-state index contributed by atoms with van der Waals surface area (Å²) in [5.74, 6) is 0.105. The average molecular weight is 281 g/mol. The van der Waals surface area contributed by atoms with E-state index < -0.39 is 0 Å². The molecule has 3 nitrogen and oxygen atoms in total. The first-order valence-electron chi connectivity index (χ1n) is 7.11. The van der Waals surface area contributed by atoms with Crippen LogP contribution < -0.4 is 10.6 Å². The molecule has 0 saturated carbocycles. The van der Waals surface area contributed by atoms with Gasteiger partial charge in [-0.1, -0.05) is 29.8 Å². The van der Waals surface area contributed by atoms with E-state index in [0.717, 1.165) is 17.8 Å². The van der Waals surface area contributed by atoms with E-state index in [9.17, 15) is 0 Å². The summed E-state index contributed by atoms with van der Waals surface area (Å²) in [5.41, 5.74) is 12.7. The Kier molecular flexibility index (Phi) is 4.32. The maximum absolute atomic E-state index is 7.55. The smallest absolute Gasteiger partial charge is 0.122 e. The highest BCUT2D eigenvalue weighted by Crippen LogP contribution is 2.22. The van der Waals surface area contributed by atoms with Crippen LogP contribution in [0.2, 0.25) is 0 Å². The van der Waals surface area contributed by atoms with Gasteiger partial charge < -0.3 is 10.6 Å². The molecule has 0 unspecified atom stereocenters. The van der Waals surface area contributed by atoms with Gasteiger partial charge in [0.15, 0.2) is 0 Å². The average Bonchev–Trinajstić information content (AvgIpc) is 2.42. The van der Waals surface area contributed by atoms with Gasteiger partial charge in [-0.2, -0.15) is 0 Å². The monoisotopic (exact) mass is 281 g/mol. The Labute approximate surface area is 126 Å². The number of anilines is 1. The zero-order valence-electron chi connectivity index (χ0n) is 13.2. The standard InChI is InChI=1S/C18H23N3/c1-12-8-13(2)17(14(3)9-12)11-21(4)16-7-5-6-15(10-16)18(19)20/h5-10H,11H2,1-4H3,(H3,19,20). The molecule has 0 aliphatic carbocycles. The summed E-state index contributed by atoms with van der Waals surface area (Å²) in [5, 5.41) is 7.55. The second-order valence-electron chi connectivity index (χ2n) is 5.70. The quantitative estimate of drug-likeness (QED) is 0.665. The highest BCUT2D eigenvalue weighted by atomic mass is 15.1. The minimum Gasteiger partial charge on any atom is -0.384 e. The van der Waals surface area contributed by atoms with Crippen molar-refractivity contribution in [2.24, 2.45) is 5.73 Å². The van der Waals surface area contributed by atoms with Gasteiger partial charge in [-0.15, -0.1) is 0 Å². The minimum atomic E-state index is 0.105. The van der Waals surface area contributed by atoms with Crippen molar-refractivity contribution in [3.8, 4) is 0 Å². The van der Waals surface area contributed by atoms with Gasteiger partial charge in [0.25, 0.3) is 0 Å². The molecule has 2 aromatic carbocycles. The van der Waals surface area contributed by atoms with E-state index in [4.69, 9.17) is 11.1 Å². The molecular formula is C18H23N3. The normalized spacial score (nSPS) is 10.5. The van der Waals surface area contributed by atoms with Gasteiger partial charge in [-0.25, -0.2) is 0 Å². The van der Waals surface area contributed by atoms with Crippen LogP contribution in [0.15, 0.2) is 36.4 Å². The molecule has 0 spiro atoms. The third-order valence-corrected chi connectivity index (χ3v) is 3.83. The molecule has 0 heterocycles. The van der Waals surface area contributed by atoms with Crippen molar-refractivity contribution in [2.45, 2.75) is 27.3 Å². The largest absolute Gasteiger partial charge is 0.384 e. The SMILES string of the molecule is Cc1cc(C)c(CN(C)c2cccc(C(=N)N)c2)c(C)c1. The Morgan fingerprint density at radius 3 is 2.29 bits per heavy atom. The molecule has 0 fully saturated rings. The predicted octanol–water partition coefficient (Wildman–Crippen LogP) is 3.53. The third-order valence-electron chi connectivity index (χ3n) is 3.83. The fourth-order valence-corrected chi connectivity index (χ4v) is 2.70. The minimum absolute atomic E-state index is 0.105. The Morgan fingerprint density at radius 1 is 1.10 bits per heavy atom. The molecule has 0 saturated heterocycles. The number of nitrogens with two attached hydrogens (primary N) is 1. The number of amidine groups is 1. The predicted molar refractivity (Wildman–Crippen MR) is 90.2 cm³/mol. The van der Waals surface area contributed by atoms with E-state index in [1.54, 1.807) is 0 Å². The summed E-state index contributed by atoms with van der Waals surface area (Å²) < 4.78 is 0. The molecule has 0 atom stereocenters. The summed E-state index contributed by atoms with van der Waals surface area (Å²) in [4.78, 5) is 2.19. The first-order chi connectivity index (χ1) is 9.88. The van der Waals surface area contributed by atoms with Crippen LogP contribution in [0.5, 0.6) is 0 Å². The number of hydrogen-bond acceptors (Lipinski definition) is 2. The Hall–Kier alpha value is -2.29. The lowest BCUT2D eigenvalue weighted by Crippen LogP contribution is -2.19. The molecule has 2 rings (SSSR count). The molecule has 3 N–H and O–H groups in total. The van der Waals surface area contributed by atoms with Crippen LogP contribution in [0, 0.1) is 26.2 Å². The highest BCUT2D eigenvalue weighted by Gasteiger charge is 2.09. The molecule has 0 radical (unpaired) electrons. The van der Waals surface area contributed by atoms with E-state index in [0.29, 0.717) is 0 Å². The lowest BCUT2D eigenvalue weighted by molar-refractivity contribution is 0.903. The van der Waals surface area contributed by atoms with Gasteiger partial charge in [0.2, 0.25) is 0 Å². The van der Waals surface area contributed by atoms with Crippen molar-refractivity contribution in [3.05, 3.63) is 64.2 Å². The van der Waals surface area contributed by atoms with Crippen molar-refractivity contribution in [1.29, 1.82) is 5.41 Å². The summed E-state index contributed by atoms with van der Waals surface area (Å²) in [7, 11) is 2.07. The molecule has 0 aliphatic heterocycles. The molecule has 3 heteroatoms. The molecule has 21 heavy (non-hydrogen) atoms. The lowest BCUT2D eigenvalue weighted by atomic mass is 9.99. The van der Waals surface area contributed by atoms with Crippen LogP contribution in [0.25, 0.3) is 0 Å². The first kappa shape index (κ1) is 15.1. The molecular weight excluding hydrogens is 258 g/mol. The number of nitrogens with one attached hydrogen (secondary N) is 1. The number of aryl methyl sites for hydroxylation is 3. The molecule has 0 bridgehead atoms. The van der Waals surface area contributed by atoms with Crippen LogP contribution in [-0.4, -0.2) is 12.9 Å². The third kappa shape index (κ3) is 3.43. The fourth-order valence-electron chi connectivity index (χ4n) is 2.70. The van der Waals surface area contributed by atoms with E-state index in [2.05, 4.69) is 44.9 Å². The van der Waals surface area contributed by atoms with E-state index in [-0.39, 0.29) is 5.84 Å². The van der Waals surface area contributed by atoms with Crippen molar-refractivity contribution < 1.29 is 0 Å². The van der Waals surface area contributed by atoms with Crippen LogP contribution >= 0.6 is 0 Å². The van der Waals surface area contributed by atoms with E-state index in [1.165, 1.54) is 22.3 Å². The molecule has 2 aromatic rings. The summed E-state index contributed by atoms with van der Waals surface area (Å²) in [6, 6.07) is 12.3. The molecule has 0 aliphatic rings. The zero-order valence-corrected chi connectivity index (χ0v) is 13.2. The number of nitrogen functional groups attached to an aromatic ring is 1. The molecule has 110 valence electrons. The van der Waals surface area contributed by atoms with Crippen molar-refractivity contribution in [2.75, 3.05) is 11.9 Å². The molecule has 0 amide bonds. The first-order valence-corrected chi connectivity index (χ1v) is 7.11. The van der Waals surface area contributed by atoms with E-state index >= 15 is 0 Å². The Morgan fingerprint density at radius 2 is 1.71 bits per heavy atom. The topological polar surface area (TPSA) is 53.1 Å². The summed E-state index contributed by atoms with van der Waals surface area (Å²) >= 11 is 0. The Bertz CT molecular complexity index is 651. The number of hydrogen-bond donors (Lipinski definition) is 2. The van der Waals surface area contributed by atoms with Crippen molar-refractivity contribution in [3.63, 3.8) is 0 Å². The maximum Gasteiger partial charge on any atom is 0.122 e. The lowest BCUT2D eigenvalue weighted by Gasteiger charge is -2.23. The van der Waals surface area contributed by atoms with Crippen LogP contribution in [0.4, 0.5) is 5.69 Å².